The third kappa shape index (κ3) is 5.25. The van der Waals surface area contributed by atoms with Crippen molar-refractivity contribution in [2.75, 3.05) is 13.2 Å². The molecule has 2 unspecified atom stereocenters. The molecule has 2 N–H and O–H groups in total. The van der Waals surface area contributed by atoms with Crippen LogP contribution in [0.3, 0.4) is 0 Å². The molecule has 1 saturated heterocycles. The second-order valence-electron chi connectivity index (χ2n) is 6.06. The number of benzene rings is 1. The Morgan fingerprint density at radius 1 is 1.43 bits per heavy atom. The van der Waals surface area contributed by atoms with Crippen LogP contribution in [-0.4, -0.2) is 42.3 Å². The quantitative estimate of drug-likeness (QED) is 0.838. The molecule has 2 rings (SSSR count). The molecule has 1 aliphatic heterocycles. The summed E-state index contributed by atoms with van der Waals surface area (Å²) >= 11 is 0. The maximum atomic E-state index is 12.4. The van der Waals surface area contributed by atoms with Gasteiger partial charge in [0.2, 0.25) is 0 Å². The van der Waals surface area contributed by atoms with Crippen molar-refractivity contribution in [2.45, 2.75) is 38.8 Å². The number of carbonyl (C=O) groups is 2. The largest absolute Gasteiger partial charge is 0.482 e. The summed E-state index contributed by atoms with van der Waals surface area (Å²) in [6.07, 6.45) is 1.77. The van der Waals surface area contributed by atoms with Crippen LogP contribution >= 0.6 is 0 Å². The Labute approximate surface area is 135 Å². The summed E-state index contributed by atoms with van der Waals surface area (Å²) in [5.74, 6) is -0.448. The second-order valence-corrected chi connectivity index (χ2v) is 6.06. The average molecular weight is 321 g/mol. The molecule has 0 saturated carbocycles. The molecule has 1 aliphatic rings. The SMILES string of the molecule is CC(C)C1CC(NC(=O)c2cccc(OCC(=O)O)c2)CCO1. The van der Waals surface area contributed by atoms with Gasteiger partial charge in [0.05, 0.1) is 6.10 Å². The molecule has 6 heteroatoms. The Morgan fingerprint density at radius 3 is 2.91 bits per heavy atom. The number of carboxylic acids is 1. The van der Waals surface area contributed by atoms with Crippen molar-refractivity contribution >= 4 is 11.9 Å². The standard InChI is InChI=1S/C17H23NO5/c1-11(2)15-9-13(6-7-22-15)18-17(21)12-4-3-5-14(8-12)23-10-16(19)20/h3-5,8,11,13,15H,6-7,9-10H2,1-2H3,(H,18,21)(H,19,20). The summed E-state index contributed by atoms with van der Waals surface area (Å²) in [5.41, 5.74) is 0.459. The third-order valence-corrected chi connectivity index (χ3v) is 3.85. The molecule has 0 spiro atoms. The van der Waals surface area contributed by atoms with E-state index in [-0.39, 0.29) is 18.1 Å². The van der Waals surface area contributed by atoms with E-state index in [2.05, 4.69) is 19.2 Å². The molecular formula is C17H23NO5. The summed E-state index contributed by atoms with van der Waals surface area (Å²) in [4.78, 5) is 22.9. The van der Waals surface area contributed by atoms with Crippen molar-refractivity contribution in [3.8, 4) is 5.75 Å². The van der Waals surface area contributed by atoms with E-state index in [1.165, 1.54) is 0 Å². The number of carbonyl (C=O) groups excluding carboxylic acids is 1. The Balaban J connectivity index is 1.95. The molecule has 2 atom stereocenters. The Morgan fingerprint density at radius 2 is 2.22 bits per heavy atom. The van der Waals surface area contributed by atoms with Gasteiger partial charge in [-0.05, 0) is 37.0 Å². The van der Waals surface area contributed by atoms with Gasteiger partial charge in [0, 0.05) is 18.2 Å². The van der Waals surface area contributed by atoms with E-state index in [0.29, 0.717) is 23.8 Å². The van der Waals surface area contributed by atoms with Crippen molar-refractivity contribution in [2.24, 2.45) is 5.92 Å². The van der Waals surface area contributed by atoms with Crippen molar-refractivity contribution < 1.29 is 24.2 Å². The van der Waals surface area contributed by atoms with Gasteiger partial charge >= 0.3 is 5.97 Å². The first-order valence-electron chi connectivity index (χ1n) is 7.83. The molecule has 1 amide bonds. The molecule has 1 fully saturated rings. The first-order chi connectivity index (χ1) is 11.0. The Bertz CT molecular complexity index is 558. The topological polar surface area (TPSA) is 84.9 Å². The number of aliphatic carboxylic acids is 1. The summed E-state index contributed by atoms with van der Waals surface area (Å²) < 4.78 is 10.8. The normalized spacial score (nSPS) is 21.0. The van der Waals surface area contributed by atoms with Gasteiger partial charge < -0.3 is 19.9 Å². The molecular weight excluding hydrogens is 298 g/mol. The molecule has 1 aromatic carbocycles. The number of carboxylic acid groups (broad SMARTS) is 1. The lowest BCUT2D eigenvalue weighted by atomic mass is 9.95. The smallest absolute Gasteiger partial charge is 0.341 e. The summed E-state index contributed by atoms with van der Waals surface area (Å²) in [5, 5.41) is 11.6. The van der Waals surface area contributed by atoms with E-state index >= 15 is 0 Å². The number of ether oxygens (including phenoxy) is 2. The fourth-order valence-corrected chi connectivity index (χ4v) is 2.56. The lowest BCUT2D eigenvalue weighted by Gasteiger charge is -2.32. The van der Waals surface area contributed by atoms with Gasteiger partial charge in [0.1, 0.15) is 5.75 Å². The van der Waals surface area contributed by atoms with Crippen LogP contribution in [0.4, 0.5) is 0 Å². The minimum Gasteiger partial charge on any atom is -0.482 e. The minimum atomic E-state index is -1.05. The Hall–Kier alpha value is -2.08. The maximum Gasteiger partial charge on any atom is 0.341 e. The van der Waals surface area contributed by atoms with Crippen molar-refractivity contribution in [3.05, 3.63) is 29.8 Å². The van der Waals surface area contributed by atoms with Crippen molar-refractivity contribution in [3.63, 3.8) is 0 Å². The van der Waals surface area contributed by atoms with Crippen molar-refractivity contribution in [1.29, 1.82) is 0 Å². The van der Waals surface area contributed by atoms with Gasteiger partial charge in [0.25, 0.3) is 5.91 Å². The second kappa shape index (κ2) is 7.97. The summed E-state index contributed by atoms with van der Waals surface area (Å²) in [6, 6.07) is 6.63. The van der Waals surface area contributed by atoms with E-state index < -0.39 is 12.6 Å². The highest BCUT2D eigenvalue weighted by molar-refractivity contribution is 5.94. The molecule has 0 bridgehead atoms. The molecule has 6 nitrogen and oxygen atoms in total. The molecule has 1 heterocycles. The monoisotopic (exact) mass is 321 g/mol. The zero-order valence-electron chi connectivity index (χ0n) is 13.5. The first kappa shape index (κ1) is 17.3. The van der Waals surface area contributed by atoms with Gasteiger partial charge in [-0.2, -0.15) is 0 Å². The molecule has 0 aromatic heterocycles. The number of hydrogen-bond donors (Lipinski definition) is 2. The van der Waals surface area contributed by atoms with Gasteiger partial charge in [-0.15, -0.1) is 0 Å². The average Bonchev–Trinajstić information content (AvgIpc) is 2.53. The van der Waals surface area contributed by atoms with E-state index in [0.717, 1.165) is 12.8 Å². The highest BCUT2D eigenvalue weighted by Gasteiger charge is 2.26. The van der Waals surface area contributed by atoms with Crippen LogP contribution in [0, 0.1) is 5.92 Å². The van der Waals surface area contributed by atoms with Crippen molar-refractivity contribution in [1.82, 2.24) is 5.32 Å². The van der Waals surface area contributed by atoms with Crippen LogP contribution in [0.2, 0.25) is 0 Å². The van der Waals surface area contributed by atoms with Crippen LogP contribution in [0.1, 0.15) is 37.0 Å². The number of nitrogens with one attached hydrogen (secondary N) is 1. The van der Waals surface area contributed by atoms with Crippen LogP contribution < -0.4 is 10.1 Å². The van der Waals surface area contributed by atoms with E-state index in [4.69, 9.17) is 14.6 Å². The lowest BCUT2D eigenvalue weighted by Crippen LogP contribution is -2.43. The highest BCUT2D eigenvalue weighted by Crippen LogP contribution is 2.21. The predicted molar refractivity (Wildman–Crippen MR) is 84.6 cm³/mol. The zero-order valence-corrected chi connectivity index (χ0v) is 13.5. The van der Waals surface area contributed by atoms with E-state index in [1.807, 2.05) is 0 Å². The highest BCUT2D eigenvalue weighted by atomic mass is 16.5. The van der Waals surface area contributed by atoms with Gasteiger partial charge in [-0.1, -0.05) is 19.9 Å². The maximum absolute atomic E-state index is 12.4. The van der Waals surface area contributed by atoms with Crippen LogP contribution in [-0.2, 0) is 9.53 Å². The van der Waals surface area contributed by atoms with Gasteiger partial charge in [0.15, 0.2) is 6.61 Å². The summed E-state index contributed by atoms with van der Waals surface area (Å²) in [7, 11) is 0. The fraction of sp³-hybridized carbons (Fsp3) is 0.529. The molecule has 0 aliphatic carbocycles. The molecule has 126 valence electrons. The van der Waals surface area contributed by atoms with E-state index in [9.17, 15) is 9.59 Å². The summed E-state index contributed by atoms with van der Waals surface area (Å²) in [6.45, 7) is 4.44. The number of amides is 1. The molecule has 1 aromatic rings. The van der Waals surface area contributed by atoms with Crippen LogP contribution in [0.25, 0.3) is 0 Å². The number of hydrogen-bond acceptors (Lipinski definition) is 4. The number of rotatable bonds is 6. The third-order valence-electron chi connectivity index (χ3n) is 3.85. The zero-order chi connectivity index (χ0) is 16.8. The van der Waals surface area contributed by atoms with Gasteiger partial charge in [-0.25, -0.2) is 4.79 Å². The van der Waals surface area contributed by atoms with Crippen LogP contribution in [0.5, 0.6) is 5.75 Å². The first-order valence-corrected chi connectivity index (χ1v) is 7.83. The molecule has 0 radical (unpaired) electrons. The molecule has 23 heavy (non-hydrogen) atoms. The lowest BCUT2D eigenvalue weighted by molar-refractivity contribution is -0.139. The van der Waals surface area contributed by atoms with Crippen LogP contribution in [0.15, 0.2) is 24.3 Å². The minimum absolute atomic E-state index is 0.0900. The fourth-order valence-electron chi connectivity index (χ4n) is 2.56. The van der Waals surface area contributed by atoms with Gasteiger partial charge in [-0.3, -0.25) is 4.79 Å². The predicted octanol–water partition coefficient (Wildman–Crippen LogP) is 2.08. The van der Waals surface area contributed by atoms with E-state index in [1.54, 1.807) is 24.3 Å². The Kier molecular flexibility index (Phi) is 5.98.